The molecule has 1 atom stereocenters. The summed E-state index contributed by atoms with van der Waals surface area (Å²) in [6.45, 7) is 0. The third-order valence-corrected chi connectivity index (χ3v) is 5.86. The quantitative estimate of drug-likeness (QED) is 0.900. The van der Waals surface area contributed by atoms with E-state index in [-0.39, 0.29) is 12.1 Å². The van der Waals surface area contributed by atoms with Crippen LogP contribution in [0.15, 0.2) is 53.4 Å². The van der Waals surface area contributed by atoms with Gasteiger partial charge in [0.25, 0.3) is 10.0 Å². The zero-order chi connectivity index (χ0) is 18.4. The fourth-order valence-electron chi connectivity index (χ4n) is 2.90. The van der Waals surface area contributed by atoms with Crippen molar-refractivity contribution in [1.82, 2.24) is 0 Å². The second kappa shape index (κ2) is 5.76. The number of hydrogen-bond acceptors (Lipinski definition) is 3. The van der Waals surface area contributed by atoms with E-state index in [1.807, 2.05) is 0 Å². The summed E-state index contributed by atoms with van der Waals surface area (Å²) >= 11 is 0. The van der Waals surface area contributed by atoms with Crippen LogP contribution in [0.4, 0.5) is 18.9 Å². The van der Waals surface area contributed by atoms with Crippen molar-refractivity contribution in [2.24, 2.45) is 5.73 Å². The number of carbonyl (C=O) groups is 1. The summed E-state index contributed by atoms with van der Waals surface area (Å²) in [5.74, 6) is -0.927. The molecule has 0 spiro atoms. The van der Waals surface area contributed by atoms with Gasteiger partial charge in [-0.3, -0.25) is 9.10 Å². The molecule has 0 fully saturated rings. The molecule has 0 aromatic heterocycles. The van der Waals surface area contributed by atoms with Crippen LogP contribution < -0.4 is 10.0 Å². The zero-order valence-corrected chi connectivity index (χ0v) is 13.5. The van der Waals surface area contributed by atoms with Gasteiger partial charge in [0, 0.05) is 6.42 Å². The Labute approximate surface area is 141 Å². The number of nitrogens with two attached hydrogens (primary N) is 1. The Hall–Kier alpha value is -2.55. The van der Waals surface area contributed by atoms with Crippen molar-refractivity contribution in [3.05, 3.63) is 59.7 Å². The highest BCUT2D eigenvalue weighted by molar-refractivity contribution is 7.93. The highest BCUT2D eigenvalue weighted by Crippen LogP contribution is 2.40. The molecule has 5 nitrogen and oxygen atoms in total. The van der Waals surface area contributed by atoms with Crippen molar-refractivity contribution in [3.8, 4) is 0 Å². The van der Waals surface area contributed by atoms with Crippen LogP contribution in [-0.2, 0) is 27.4 Å². The maximum atomic E-state index is 13.2. The Bertz CT molecular complexity index is 942. The van der Waals surface area contributed by atoms with Gasteiger partial charge in [-0.05, 0) is 23.8 Å². The summed E-state index contributed by atoms with van der Waals surface area (Å²) in [6.07, 6.45) is -4.84. The van der Waals surface area contributed by atoms with Crippen LogP contribution in [0.2, 0.25) is 0 Å². The van der Waals surface area contributed by atoms with Gasteiger partial charge in [0.05, 0.1) is 16.1 Å². The second-order valence-electron chi connectivity index (χ2n) is 5.55. The first-order chi connectivity index (χ1) is 11.6. The molecule has 0 saturated heterocycles. The smallest absolute Gasteiger partial charge is 0.368 e. The Balaban J connectivity index is 2.22. The molecular formula is C16H13F3N2O3S. The van der Waals surface area contributed by atoms with Gasteiger partial charge in [0.1, 0.15) is 6.04 Å². The average molecular weight is 370 g/mol. The molecule has 2 aromatic rings. The molecule has 0 bridgehead atoms. The van der Waals surface area contributed by atoms with E-state index in [0.29, 0.717) is 15.9 Å². The number of para-hydroxylation sites is 1. The molecule has 0 radical (unpaired) electrons. The standard InChI is InChI=1S/C16H13F3N2O3S/c17-16(18,19)11-6-2-4-8-14(11)25(23,24)21-12-7-3-1-5-10(12)9-13(21)15(20)22/h1-8,13H,9H2,(H2,20,22)/t13-/m0/s1. The van der Waals surface area contributed by atoms with E-state index in [1.165, 1.54) is 12.1 Å². The fourth-order valence-corrected chi connectivity index (χ4v) is 4.78. The fraction of sp³-hybridized carbons (Fsp3) is 0.188. The largest absolute Gasteiger partial charge is 0.417 e. The molecule has 1 amide bonds. The topological polar surface area (TPSA) is 80.5 Å². The number of amides is 1. The molecule has 2 N–H and O–H groups in total. The highest BCUT2D eigenvalue weighted by Gasteiger charge is 2.45. The number of rotatable bonds is 3. The van der Waals surface area contributed by atoms with Gasteiger partial charge in [-0.25, -0.2) is 8.42 Å². The van der Waals surface area contributed by atoms with Crippen LogP contribution in [0.25, 0.3) is 0 Å². The van der Waals surface area contributed by atoms with Crippen LogP contribution in [0, 0.1) is 0 Å². The van der Waals surface area contributed by atoms with Gasteiger partial charge in [0.15, 0.2) is 0 Å². The summed E-state index contributed by atoms with van der Waals surface area (Å²) in [5, 5.41) is 0. The minimum atomic E-state index is -4.86. The van der Waals surface area contributed by atoms with Crippen molar-refractivity contribution in [2.45, 2.75) is 23.5 Å². The zero-order valence-electron chi connectivity index (χ0n) is 12.7. The lowest BCUT2D eigenvalue weighted by atomic mass is 10.1. The second-order valence-corrected chi connectivity index (χ2v) is 7.33. The molecule has 9 heteroatoms. The molecule has 0 saturated carbocycles. The first kappa shape index (κ1) is 17.3. The van der Waals surface area contributed by atoms with Crippen LogP contribution in [0.1, 0.15) is 11.1 Å². The first-order valence-corrected chi connectivity index (χ1v) is 8.66. The van der Waals surface area contributed by atoms with Gasteiger partial charge in [-0.1, -0.05) is 30.3 Å². The van der Waals surface area contributed by atoms with E-state index < -0.39 is 38.6 Å². The number of alkyl halides is 3. The van der Waals surface area contributed by atoms with E-state index in [1.54, 1.807) is 18.2 Å². The Kier molecular flexibility index (Phi) is 3.98. The number of carbonyl (C=O) groups excluding carboxylic acids is 1. The molecule has 1 aliphatic heterocycles. The van der Waals surface area contributed by atoms with E-state index >= 15 is 0 Å². The molecule has 132 valence electrons. The lowest BCUT2D eigenvalue weighted by molar-refractivity contribution is -0.139. The number of benzene rings is 2. The van der Waals surface area contributed by atoms with E-state index in [0.717, 1.165) is 12.1 Å². The maximum absolute atomic E-state index is 13.2. The first-order valence-electron chi connectivity index (χ1n) is 7.22. The summed E-state index contributed by atoms with van der Waals surface area (Å²) in [6, 6.07) is 8.82. The predicted octanol–water partition coefficient (Wildman–Crippen LogP) is 2.31. The molecule has 1 aliphatic rings. The number of halogens is 3. The van der Waals surface area contributed by atoms with E-state index in [2.05, 4.69) is 0 Å². The lowest BCUT2D eigenvalue weighted by Gasteiger charge is -2.26. The van der Waals surface area contributed by atoms with E-state index in [9.17, 15) is 26.4 Å². The summed E-state index contributed by atoms with van der Waals surface area (Å²) in [5.41, 5.74) is 4.69. The Morgan fingerprint density at radius 3 is 2.32 bits per heavy atom. The van der Waals surface area contributed by atoms with Crippen molar-refractivity contribution in [2.75, 3.05) is 4.31 Å². The van der Waals surface area contributed by atoms with Crippen LogP contribution in [-0.4, -0.2) is 20.4 Å². The number of nitrogens with zero attached hydrogens (tertiary/aromatic N) is 1. The lowest BCUT2D eigenvalue weighted by Crippen LogP contribution is -2.46. The predicted molar refractivity (Wildman–Crippen MR) is 84.2 cm³/mol. The molecule has 1 heterocycles. The molecule has 3 rings (SSSR count). The third kappa shape index (κ3) is 2.84. The SMILES string of the molecule is NC(=O)[C@@H]1Cc2ccccc2N1S(=O)(=O)c1ccccc1C(F)(F)F. The van der Waals surface area contributed by atoms with Crippen molar-refractivity contribution in [1.29, 1.82) is 0 Å². The van der Waals surface area contributed by atoms with Gasteiger partial charge in [-0.15, -0.1) is 0 Å². The van der Waals surface area contributed by atoms with Crippen molar-refractivity contribution >= 4 is 21.6 Å². The molecule has 0 unspecified atom stereocenters. The highest BCUT2D eigenvalue weighted by atomic mass is 32.2. The minimum absolute atomic E-state index is 0.0128. The Morgan fingerprint density at radius 1 is 1.08 bits per heavy atom. The average Bonchev–Trinajstić information content (AvgIpc) is 2.94. The molecule has 25 heavy (non-hydrogen) atoms. The molecule has 0 aliphatic carbocycles. The van der Waals surface area contributed by atoms with Gasteiger partial charge in [0.2, 0.25) is 5.91 Å². The van der Waals surface area contributed by atoms with Gasteiger partial charge < -0.3 is 5.73 Å². The molecule has 2 aromatic carbocycles. The normalized spacial score (nSPS) is 17.4. The number of fused-ring (bicyclic) bond motifs is 1. The summed E-state index contributed by atoms with van der Waals surface area (Å²) in [4.78, 5) is 10.8. The number of anilines is 1. The van der Waals surface area contributed by atoms with E-state index in [4.69, 9.17) is 5.73 Å². The summed E-state index contributed by atoms with van der Waals surface area (Å²) < 4.78 is 66.4. The molecular weight excluding hydrogens is 357 g/mol. The number of hydrogen-bond donors (Lipinski definition) is 1. The minimum Gasteiger partial charge on any atom is -0.368 e. The van der Waals surface area contributed by atoms with Crippen molar-refractivity contribution < 1.29 is 26.4 Å². The maximum Gasteiger partial charge on any atom is 0.417 e. The van der Waals surface area contributed by atoms with Crippen molar-refractivity contribution in [3.63, 3.8) is 0 Å². The monoisotopic (exact) mass is 370 g/mol. The van der Waals surface area contributed by atoms with Crippen LogP contribution in [0.5, 0.6) is 0 Å². The Morgan fingerprint density at radius 2 is 1.68 bits per heavy atom. The number of primary amides is 1. The van der Waals surface area contributed by atoms with Crippen LogP contribution in [0.3, 0.4) is 0 Å². The number of sulfonamides is 1. The van der Waals surface area contributed by atoms with Gasteiger partial charge in [-0.2, -0.15) is 13.2 Å². The van der Waals surface area contributed by atoms with Crippen LogP contribution >= 0.6 is 0 Å². The van der Waals surface area contributed by atoms with Gasteiger partial charge >= 0.3 is 6.18 Å². The third-order valence-electron chi connectivity index (χ3n) is 3.98. The summed E-state index contributed by atoms with van der Waals surface area (Å²) in [7, 11) is -4.65.